The first kappa shape index (κ1) is 17.3. The number of hydrogen-bond acceptors (Lipinski definition) is 2. The standard InChI is InChI=1S/C18H26ClNO2/c1-4-18(2,3)17(22)20-11-9-14(10-12-20)16(21)13-5-7-15(19)8-6-13/h5-8,14,16,21H,4,9-12H2,1-3H3. The van der Waals surface area contributed by atoms with E-state index in [9.17, 15) is 9.90 Å². The number of likely N-dealkylation sites (tertiary alicyclic amines) is 1. The summed E-state index contributed by atoms with van der Waals surface area (Å²) in [4.78, 5) is 14.4. The normalized spacial score (nSPS) is 18.3. The number of carbonyl (C=O) groups is 1. The van der Waals surface area contributed by atoms with E-state index in [1.165, 1.54) is 0 Å². The predicted molar refractivity (Wildman–Crippen MR) is 89.8 cm³/mol. The van der Waals surface area contributed by atoms with E-state index >= 15 is 0 Å². The van der Waals surface area contributed by atoms with Crippen LogP contribution in [-0.4, -0.2) is 29.0 Å². The number of hydrogen-bond donors (Lipinski definition) is 1. The third-order valence-electron chi connectivity index (χ3n) is 4.95. The Hall–Kier alpha value is -1.06. The molecule has 1 atom stereocenters. The smallest absolute Gasteiger partial charge is 0.228 e. The Balaban J connectivity index is 1.94. The van der Waals surface area contributed by atoms with Crippen LogP contribution in [0.4, 0.5) is 0 Å². The monoisotopic (exact) mass is 323 g/mol. The highest BCUT2D eigenvalue weighted by Crippen LogP contribution is 2.33. The Morgan fingerprint density at radius 1 is 1.32 bits per heavy atom. The molecule has 0 bridgehead atoms. The average Bonchev–Trinajstić information content (AvgIpc) is 2.54. The van der Waals surface area contributed by atoms with Crippen LogP contribution in [-0.2, 0) is 4.79 Å². The van der Waals surface area contributed by atoms with Gasteiger partial charge in [-0.15, -0.1) is 0 Å². The van der Waals surface area contributed by atoms with E-state index in [1.54, 1.807) is 0 Å². The molecule has 1 aliphatic heterocycles. The summed E-state index contributed by atoms with van der Waals surface area (Å²) >= 11 is 5.89. The molecule has 1 aliphatic rings. The van der Waals surface area contributed by atoms with Crippen LogP contribution in [0.15, 0.2) is 24.3 Å². The molecule has 0 aromatic heterocycles. The second-order valence-corrected chi connectivity index (χ2v) is 7.30. The second kappa shape index (κ2) is 7.01. The van der Waals surface area contributed by atoms with Gasteiger partial charge in [-0.1, -0.05) is 44.5 Å². The Bertz CT molecular complexity index is 504. The number of benzene rings is 1. The van der Waals surface area contributed by atoms with Crippen molar-refractivity contribution in [2.75, 3.05) is 13.1 Å². The minimum Gasteiger partial charge on any atom is -0.388 e. The molecule has 1 amide bonds. The summed E-state index contributed by atoms with van der Waals surface area (Å²) in [6.07, 6.45) is 2.05. The summed E-state index contributed by atoms with van der Waals surface area (Å²) < 4.78 is 0. The van der Waals surface area contributed by atoms with Crippen molar-refractivity contribution in [1.29, 1.82) is 0 Å². The van der Waals surface area contributed by atoms with Gasteiger partial charge < -0.3 is 10.0 Å². The van der Waals surface area contributed by atoms with Gasteiger partial charge >= 0.3 is 0 Å². The number of halogens is 1. The Morgan fingerprint density at radius 2 is 1.86 bits per heavy atom. The fourth-order valence-electron chi connectivity index (χ4n) is 2.93. The lowest BCUT2D eigenvalue weighted by atomic mass is 9.84. The first-order valence-electron chi connectivity index (χ1n) is 8.08. The lowest BCUT2D eigenvalue weighted by Gasteiger charge is -2.38. The first-order valence-corrected chi connectivity index (χ1v) is 8.46. The maximum atomic E-state index is 12.5. The van der Waals surface area contributed by atoms with Gasteiger partial charge in [0.25, 0.3) is 0 Å². The maximum absolute atomic E-state index is 12.5. The molecular formula is C18H26ClNO2. The minimum atomic E-state index is -0.478. The zero-order valence-corrected chi connectivity index (χ0v) is 14.4. The van der Waals surface area contributed by atoms with Gasteiger partial charge in [-0.05, 0) is 42.9 Å². The highest BCUT2D eigenvalue weighted by molar-refractivity contribution is 6.30. The van der Waals surface area contributed by atoms with Crippen LogP contribution in [0.5, 0.6) is 0 Å². The van der Waals surface area contributed by atoms with Crippen LogP contribution >= 0.6 is 11.6 Å². The van der Waals surface area contributed by atoms with E-state index in [4.69, 9.17) is 11.6 Å². The lowest BCUT2D eigenvalue weighted by molar-refractivity contribution is -0.142. The second-order valence-electron chi connectivity index (χ2n) is 6.86. The SMILES string of the molecule is CCC(C)(C)C(=O)N1CCC(C(O)c2ccc(Cl)cc2)CC1. The van der Waals surface area contributed by atoms with Crippen molar-refractivity contribution in [2.24, 2.45) is 11.3 Å². The lowest BCUT2D eigenvalue weighted by Crippen LogP contribution is -2.45. The molecule has 4 heteroatoms. The van der Waals surface area contributed by atoms with Crippen LogP contribution in [0, 0.1) is 11.3 Å². The topological polar surface area (TPSA) is 40.5 Å². The number of amides is 1. The van der Waals surface area contributed by atoms with Crippen LogP contribution in [0.3, 0.4) is 0 Å². The molecule has 3 nitrogen and oxygen atoms in total. The molecule has 122 valence electrons. The van der Waals surface area contributed by atoms with E-state index in [0.717, 1.165) is 37.9 Å². The van der Waals surface area contributed by atoms with Crippen LogP contribution < -0.4 is 0 Å². The fraction of sp³-hybridized carbons (Fsp3) is 0.611. The molecule has 1 aromatic rings. The van der Waals surface area contributed by atoms with Crippen molar-refractivity contribution in [2.45, 2.75) is 46.1 Å². The summed E-state index contributed by atoms with van der Waals surface area (Å²) in [5.41, 5.74) is 0.616. The Morgan fingerprint density at radius 3 is 2.36 bits per heavy atom. The van der Waals surface area contributed by atoms with E-state index in [-0.39, 0.29) is 17.2 Å². The zero-order chi connectivity index (χ0) is 16.3. The van der Waals surface area contributed by atoms with Crippen molar-refractivity contribution in [3.63, 3.8) is 0 Å². The van der Waals surface area contributed by atoms with Crippen molar-refractivity contribution in [3.05, 3.63) is 34.9 Å². The van der Waals surface area contributed by atoms with Gasteiger partial charge in [-0.3, -0.25) is 4.79 Å². The maximum Gasteiger partial charge on any atom is 0.228 e. The molecule has 1 fully saturated rings. The minimum absolute atomic E-state index is 0.204. The molecule has 0 spiro atoms. The summed E-state index contributed by atoms with van der Waals surface area (Å²) in [6.45, 7) is 7.53. The number of aliphatic hydroxyl groups is 1. The molecule has 1 unspecified atom stereocenters. The van der Waals surface area contributed by atoms with Crippen molar-refractivity contribution < 1.29 is 9.90 Å². The molecule has 0 radical (unpaired) electrons. The number of aliphatic hydroxyl groups excluding tert-OH is 1. The van der Waals surface area contributed by atoms with Crippen LogP contribution in [0.25, 0.3) is 0 Å². The molecule has 1 N–H and O–H groups in total. The van der Waals surface area contributed by atoms with E-state index in [2.05, 4.69) is 6.92 Å². The van der Waals surface area contributed by atoms with Gasteiger partial charge in [0.05, 0.1) is 6.10 Å². The quantitative estimate of drug-likeness (QED) is 0.908. The van der Waals surface area contributed by atoms with Gasteiger partial charge in [0.15, 0.2) is 0 Å². The molecular weight excluding hydrogens is 298 g/mol. The van der Waals surface area contributed by atoms with Crippen molar-refractivity contribution in [3.8, 4) is 0 Å². The van der Waals surface area contributed by atoms with Crippen LogP contribution in [0.2, 0.25) is 5.02 Å². The molecule has 1 aromatic carbocycles. The van der Waals surface area contributed by atoms with E-state index in [0.29, 0.717) is 5.02 Å². The summed E-state index contributed by atoms with van der Waals surface area (Å²) in [7, 11) is 0. The highest BCUT2D eigenvalue weighted by Gasteiger charge is 2.34. The zero-order valence-electron chi connectivity index (χ0n) is 13.7. The molecule has 0 saturated carbocycles. The van der Waals surface area contributed by atoms with E-state index < -0.39 is 6.10 Å². The predicted octanol–water partition coefficient (Wildman–Crippen LogP) is 4.05. The summed E-state index contributed by atoms with van der Waals surface area (Å²) in [5, 5.41) is 11.2. The third-order valence-corrected chi connectivity index (χ3v) is 5.20. The number of rotatable bonds is 4. The van der Waals surface area contributed by atoms with Gasteiger partial charge in [0.2, 0.25) is 5.91 Å². The fourth-order valence-corrected chi connectivity index (χ4v) is 3.06. The van der Waals surface area contributed by atoms with Gasteiger partial charge in [0, 0.05) is 23.5 Å². The van der Waals surface area contributed by atoms with Gasteiger partial charge in [-0.2, -0.15) is 0 Å². The number of carbonyl (C=O) groups excluding carboxylic acids is 1. The molecule has 22 heavy (non-hydrogen) atoms. The molecule has 1 saturated heterocycles. The largest absolute Gasteiger partial charge is 0.388 e. The first-order chi connectivity index (χ1) is 10.3. The van der Waals surface area contributed by atoms with Gasteiger partial charge in [-0.25, -0.2) is 0 Å². The van der Waals surface area contributed by atoms with E-state index in [1.807, 2.05) is 43.0 Å². The third kappa shape index (κ3) is 3.82. The highest BCUT2D eigenvalue weighted by atomic mass is 35.5. The number of piperidine rings is 1. The number of nitrogens with zero attached hydrogens (tertiary/aromatic N) is 1. The molecule has 0 aliphatic carbocycles. The Kier molecular flexibility index (Phi) is 5.51. The Labute approximate surface area is 138 Å². The van der Waals surface area contributed by atoms with Crippen molar-refractivity contribution in [1.82, 2.24) is 4.90 Å². The van der Waals surface area contributed by atoms with Crippen molar-refractivity contribution >= 4 is 17.5 Å². The van der Waals surface area contributed by atoms with Gasteiger partial charge in [0.1, 0.15) is 0 Å². The summed E-state index contributed by atoms with van der Waals surface area (Å²) in [6, 6.07) is 7.38. The molecule has 1 heterocycles. The average molecular weight is 324 g/mol. The summed E-state index contributed by atoms with van der Waals surface area (Å²) in [5.74, 6) is 0.435. The van der Waals surface area contributed by atoms with Crippen LogP contribution in [0.1, 0.15) is 51.7 Å². The molecule has 2 rings (SSSR count).